The van der Waals surface area contributed by atoms with E-state index in [1.807, 2.05) is 0 Å². The highest BCUT2D eigenvalue weighted by molar-refractivity contribution is 5.97. The van der Waals surface area contributed by atoms with Crippen LogP contribution >= 0.6 is 0 Å². The van der Waals surface area contributed by atoms with Crippen LogP contribution in [0.2, 0.25) is 0 Å². The number of carbonyl (C=O) groups is 3. The van der Waals surface area contributed by atoms with E-state index in [0.717, 1.165) is 36.1 Å². The quantitative estimate of drug-likeness (QED) is 0.193. The van der Waals surface area contributed by atoms with Crippen molar-refractivity contribution in [3.05, 3.63) is 94.8 Å². The van der Waals surface area contributed by atoms with Gasteiger partial charge in [0.25, 0.3) is 5.91 Å². The molecule has 0 bridgehead atoms. The van der Waals surface area contributed by atoms with Gasteiger partial charge in [0.05, 0.1) is 31.9 Å². The van der Waals surface area contributed by atoms with Crippen LogP contribution < -0.4 is 20.3 Å². The third-order valence-electron chi connectivity index (χ3n) is 9.15. The second-order valence-corrected chi connectivity index (χ2v) is 12.5. The van der Waals surface area contributed by atoms with Crippen molar-refractivity contribution in [2.24, 2.45) is 5.92 Å². The van der Waals surface area contributed by atoms with E-state index in [9.17, 15) is 23.9 Å². The number of rotatable bonds is 15. The Bertz CT molecular complexity index is 1520. The summed E-state index contributed by atoms with van der Waals surface area (Å²) >= 11 is 0. The maximum atomic E-state index is 14.0. The Labute approximate surface area is 275 Å². The summed E-state index contributed by atoms with van der Waals surface area (Å²) in [6, 6.07) is 16.9. The molecule has 2 aliphatic rings. The maximum absolute atomic E-state index is 14.0. The van der Waals surface area contributed by atoms with Crippen molar-refractivity contribution in [2.75, 3.05) is 31.7 Å². The van der Waals surface area contributed by atoms with Crippen LogP contribution in [0.5, 0.6) is 5.75 Å². The molecule has 3 aromatic carbocycles. The number of nitrogens with one attached hydrogen (secondary N) is 2. The topological polar surface area (TPSA) is 117 Å². The molecule has 1 aliphatic heterocycles. The van der Waals surface area contributed by atoms with E-state index in [1.54, 1.807) is 55.6 Å². The minimum Gasteiger partial charge on any atom is -0.497 e. The van der Waals surface area contributed by atoms with Crippen LogP contribution in [0.4, 0.5) is 10.1 Å². The first-order valence-corrected chi connectivity index (χ1v) is 16.5. The van der Waals surface area contributed by atoms with Gasteiger partial charge in [-0.15, -0.1) is 0 Å². The van der Waals surface area contributed by atoms with Crippen molar-refractivity contribution in [2.45, 2.75) is 70.1 Å². The molecule has 47 heavy (non-hydrogen) atoms. The van der Waals surface area contributed by atoms with Gasteiger partial charge < -0.3 is 30.1 Å². The number of carboxylic acid groups (broad SMARTS) is 1. The molecule has 3 N–H and O–H groups in total. The highest BCUT2D eigenvalue weighted by Gasteiger charge is 2.28. The number of fused-ring (bicyclic) bond motifs is 1. The van der Waals surface area contributed by atoms with Gasteiger partial charge in [0.2, 0.25) is 5.91 Å². The molecule has 5 rings (SSSR count). The molecule has 0 spiro atoms. The van der Waals surface area contributed by atoms with E-state index in [1.165, 1.54) is 37.5 Å². The zero-order valence-electron chi connectivity index (χ0n) is 26.9. The largest absolute Gasteiger partial charge is 0.497 e. The lowest BCUT2D eigenvalue weighted by Crippen LogP contribution is -2.53. The maximum Gasteiger partial charge on any atom is 0.335 e. The minimum absolute atomic E-state index is 0.179. The Morgan fingerprint density at radius 2 is 1.77 bits per heavy atom. The summed E-state index contributed by atoms with van der Waals surface area (Å²) in [5.74, 6) is -0.819. The van der Waals surface area contributed by atoms with Crippen molar-refractivity contribution >= 4 is 23.5 Å². The number of methoxy groups -OCH3 is 1. The van der Waals surface area contributed by atoms with Crippen LogP contribution in [0.15, 0.2) is 66.7 Å². The molecule has 2 amide bonds. The highest BCUT2D eigenvalue weighted by Crippen LogP contribution is 2.29. The predicted molar refractivity (Wildman–Crippen MR) is 177 cm³/mol. The summed E-state index contributed by atoms with van der Waals surface area (Å²) in [5.41, 5.74) is 3.26. The lowest BCUT2D eigenvalue weighted by molar-refractivity contribution is -0.124. The van der Waals surface area contributed by atoms with E-state index >= 15 is 0 Å². The molecule has 1 heterocycles. The molecule has 1 aliphatic carbocycles. The van der Waals surface area contributed by atoms with Gasteiger partial charge in [-0.25, -0.2) is 9.18 Å². The number of anilines is 1. The summed E-state index contributed by atoms with van der Waals surface area (Å²) < 4.78 is 25.3. The number of hydrogen-bond acceptors (Lipinski definition) is 6. The summed E-state index contributed by atoms with van der Waals surface area (Å²) in [5, 5.41) is 15.4. The zero-order chi connectivity index (χ0) is 33.2. The Morgan fingerprint density at radius 3 is 2.51 bits per heavy atom. The number of aromatic carboxylic acids is 1. The van der Waals surface area contributed by atoms with E-state index in [4.69, 9.17) is 9.47 Å². The van der Waals surface area contributed by atoms with Gasteiger partial charge in [-0.1, -0.05) is 50.3 Å². The third kappa shape index (κ3) is 9.54. The summed E-state index contributed by atoms with van der Waals surface area (Å²) in [6.45, 7) is 1.52. The minimum atomic E-state index is -0.998. The van der Waals surface area contributed by atoms with Gasteiger partial charge in [0, 0.05) is 24.3 Å². The smallest absolute Gasteiger partial charge is 0.335 e. The third-order valence-corrected chi connectivity index (χ3v) is 9.15. The average Bonchev–Trinajstić information content (AvgIpc) is 3.48. The van der Waals surface area contributed by atoms with Crippen LogP contribution in [-0.2, 0) is 22.6 Å². The molecule has 1 fully saturated rings. The number of carboxylic acids is 1. The van der Waals surface area contributed by atoms with Crippen molar-refractivity contribution in [1.29, 1.82) is 0 Å². The van der Waals surface area contributed by atoms with Gasteiger partial charge in [-0.05, 0) is 84.8 Å². The van der Waals surface area contributed by atoms with Crippen molar-refractivity contribution in [3.8, 4) is 5.75 Å². The normalized spacial score (nSPS) is 15.8. The number of benzene rings is 3. The average molecular weight is 646 g/mol. The molecule has 2 atom stereocenters. The lowest BCUT2D eigenvalue weighted by Gasteiger charge is -2.29. The van der Waals surface area contributed by atoms with E-state index < -0.39 is 18.1 Å². The first-order valence-electron chi connectivity index (χ1n) is 16.5. The second kappa shape index (κ2) is 16.4. The number of amides is 2. The lowest BCUT2D eigenvalue weighted by atomic mass is 9.85. The molecule has 0 aromatic heterocycles. The van der Waals surface area contributed by atoms with Gasteiger partial charge in [-0.3, -0.25) is 9.59 Å². The number of ether oxygens (including phenoxy) is 2. The van der Waals surface area contributed by atoms with Crippen molar-refractivity contribution in [3.63, 3.8) is 0 Å². The SMILES string of the molecule is COc1cccc(C(=O)N[C@@H](CCC2CCCCC2)C(=O)N[C@@H](COCc2ccc(C(=O)O)cc2)CN2CCc3cc(F)ccc32)c1. The molecular weight excluding hydrogens is 601 g/mol. The monoisotopic (exact) mass is 645 g/mol. The zero-order valence-corrected chi connectivity index (χ0v) is 26.9. The Hall–Kier alpha value is -4.44. The van der Waals surface area contributed by atoms with Gasteiger partial charge in [-0.2, -0.15) is 0 Å². The molecular formula is C37H44FN3O6. The molecule has 9 nitrogen and oxygen atoms in total. The van der Waals surface area contributed by atoms with E-state index in [-0.39, 0.29) is 36.4 Å². The van der Waals surface area contributed by atoms with Crippen LogP contribution in [0.1, 0.15) is 76.8 Å². The molecule has 0 unspecified atom stereocenters. The standard InChI is InChI=1S/C37H44FN3O6/c1-46-32-9-5-8-29(21-32)35(42)40-33(16-12-25-6-3-2-4-7-25)36(43)39-31(22-41-19-18-28-20-30(38)15-17-34(28)41)24-47-23-26-10-13-27(14-11-26)37(44)45/h5,8-11,13-15,17,20-21,25,31,33H,2-4,6-7,12,16,18-19,22-24H2,1H3,(H,39,43)(H,40,42)(H,44,45)/t31-,33+/m1/s1. The van der Waals surface area contributed by atoms with Crippen molar-refractivity contribution < 1.29 is 33.4 Å². The fourth-order valence-corrected chi connectivity index (χ4v) is 6.55. The highest BCUT2D eigenvalue weighted by atomic mass is 19.1. The summed E-state index contributed by atoms with van der Waals surface area (Å²) in [4.78, 5) is 40.7. The molecule has 250 valence electrons. The number of nitrogens with zero attached hydrogens (tertiary/aromatic N) is 1. The number of carbonyl (C=O) groups excluding carboxylic acids is 2. The van der Waals surface area contributed by atoms with Crippen LogP contribution in [0.25, 0.3) is 0 Å². The molecule has 0 saturated heterocycles. The molecule has 0 radical (unpaired) electrons. The first kappa shape index (κ1) is 33.9. The van der Waals surface area contributed by atoms with Crippen LogP contribution in [0.3, 0.4) is 0 Å². The Kier molecular flexibility index (Phi) is 11.8. The first-order chi connectivity index (χ1) is 22.8. The van der Waals surface area contributed by atoms with E-state index in [0.29, 0.717) is 43.2 Å². The van der Waals surface area contributed by atoms with Gasteiger partial charge >= 0.3 is 5.97 Å². The Morgan fingerprint density at radius 1 is 0.979 bits per heavy atom. The van der Waals surface area contributed by atoms with Crippen molar-refractivity contribution in [1.82, 2.24) is 10.6 Å². The molecule has 1 saturated carbocycles. The summed E-state index contributed by atoms with van der Waals surface area (Å²) in [7, 11) is 1.54. The second-order valence-electron chi connectivity index (χ2n) is 12.5. The van der Waals surface area contributed by atoms with Gasteiger partial charge in [0.15, 0.2) is 0 Å². The van der Waals surface area contributed by atoms with E-state index in [2.05, 4.69) is 15.5 Å². The molecule has 3 aromatic rings. The fourth-order valence-electron chi connectivity index (χ4n) is 6.55. The van der Waals surface area contributed by atoms with Crippen LogP contribution in [-0.4, -0.2) is 61.8 Å². The van der Waals surface area contributed by atoms with Gasteiger partial charge in [0.1, 0.15) is 17.6 Å². The Balaban J connectivity index is 1.30. The number of hydrogen-bond donors (Lipinski definition) is 3. The fraction of sp³-hybridized carbons (Fsp3) is 0.432. The number of halogens is 1. The predicted octanol–water partition coefficient (Wildman–Crippen LogP) is 5.76. The molecule has 10 heteroatoms. The van der Waals surface area contributed by atoms with Crippen LogP contribution in [0, 0.1) is 11.7 Å². The summed E-state index contributed by atoms with van der Waals surface area (Å²) in [6.07, 6.45) is 7.95.